The van der Waals surface area contributed by atoms with E-state index >= 15 is 0 Å². The zero-order valence-corrected chi connectivity index (χ0v) is 18.2. The fraction of sp³-hybridized carbons (Fsp3) is 0.619. The van der Waals surface area contributed by atoms with Crippen LogP contribution >= 0.6 is 0 Å². The van der Waals surface area contributed by atoms with Crippen LogP contribution in [0.2, 0.25) is 18.1 Å². The highest BCUT2D eigenvalue weighted by molar-refractivity contribution is 6.74. The number of ether oxygens (including phenoxy) is 1. The summed E-state index contributed by atoms with van der Waals surface area (Å²) in [4.78, 5) is 24.9. The average Bonchev–Trinajstić information content (AvgIpc) is 2.96. The predicted octanol–water partition coefficient (Wildman–Crippen LogP) is 3.47. The average molecular weight is 390 g/mol. The van der Waals surface area contributed by atoms with Crippen molar-refractivity contribution < 1.29 is 18.8 Å². The van der Waals surface area contributed by atoms with Gasteiger partial charge in [-0.05, 0) is 36.7 Å². The molecule has 0 bridgehead atoms. The third-order valence-corrected chi connectivity index (χ3v) is 10.9. The van der Waals surface area contributed by atoms with Gasteiger partial charge < -0.3 is 14.5 Å². The summed E-state index contributed by atoms with van der Waals surface area (Å²) in [5.74, 6) is 0.543. The summed E-state index contributed by atoms with van der Waals surface area (Å²) in [7, 11) is -1.97. The lowest BCUT2D eigenvalue weighted by atomic mass is 9.82. The molecular formula is C21H31NO4Si. The maximum absolute atomic E-state index is 12.7. The monoisotopic (exact) mass is 389 g/mol. The van der Waals surface area contributed by atoms with Crippen LogP contribution in [-0.4, -0.2) is 38.3 Å². The van der Waals surface area contributed by atoms with E-state index in [1.54, 1.807) is 0 Å². The molecule has 0 aromatic heterocycles. The Kier molecular flexibility index (Phi) is 5.25. The van der Waals surface area contributed by atoms with Gasteiger partial charge in [0, 0.05) is 18.9 Å². The normalized spacial score (nSPS) is 25.9. The molecule has 0 aliphatic carbocycles. The highest BCUT2D eigenvalue weighted by atomic mass is 28.4. The maximum atomic E-state index is 12.7. The van der Waals surface area contributed by atoms with Gasteiger partial charge in [-0.3, -0.25) is 9.59 Å². The van der Waals surface area contributed by atoms with Gasteiger partial charge in [-0.1, -0.05) is 39.0 Å². The molecule has 1 amide bonds. The molecule has 0 radical (unpaired) electrons. The molecule has 2 aliphatic heterocycles. The summed E-state index contributed by atoms with van der Waals surface area (Å²) in [6.07, 6.45) is 0.257. The van der Waals surface area contributed by atoms with Gasteiger partial charge in [-0.2, -0.15) is 0 Å². The van der Waals surface area contributed by atoms with Crippen LogP contribution in [0.3, 0.4) is 0 Å². The fourth-order valence-electron chi connectivity index (χ4n) is 3.60. The molecular weight excluding hydrogens is 358 g/mol. The van der Waals surface area contributed by atoms with Crippen LogP contribution in [-0.2, 0) is 20.4 Å². The van der Waals surface area contributed by atoms with Crippen LogP contribution in [0, 0.1) is 5.92 Å². The minimum atomic E-state index is -1.97. The molecule has 27 heavy (non-hydrogen) atoms. The Morgan fingerprint density at radius 3 is 2.59 bits per heavy atom. The number of Topliss-reactive ketones (excluding diaryl/α,β-unsaturated/α-hetero) is 1. The molecule has 1 saturated heterocycles. The molecule has 3 rings (SSSR count). The first kappa shape index (κ1) is 20.1. The Bertz CT molecular complexity index is 715. The molecule has 1 aromatic carbocycles. The zero-order valence-electron chi connectivity index (χ0n) is 17.2. The molecule has 0 unspecified atom stereocenters. The second-order valence-electron chi connectivity index (χ2n) is 9.31. The van der Waals surface area contributed by atoms with Crippen molar-refractivity contribution in [3.8, 4) is 5.75 Å². The van der Waals surface area contributed by atoms with Gasteiger partial charge in [-0.25, -0.2) is 0 Å². The van der Waals surface area contributed by atoms with E-state index in [2.05, 4.69) is 39.2 Å². The highest BCUT2D eigenvalue weighted by Gasteiger charge is 2.48. The maximum Gasteiger partial charge on any atom is 0.228 e. The second-order valence-corrected chi connectivity index (χ2v) is 14.1. The van der Waals surface area contributed by atoms with E-state index in [4.69, 9.17) is 9.16 Å². The Morgan fingerprint density at radius 2 is 2.00 bits per heavy atom. The molecule has 0 spiro atoms. The van der Waals surface area contributed by atoms with E-state index in [9.17, 15) is 9.59 Å². The largest absolute Gasteiger partial charge is 0.482 e. The van der Waals surface area contributed by atoms with Gasteiger partial charge in [0.15, 0.2) is 20.2 Å². The van der Waals surface area contributed by atoms with E-state index in [0.29, 0.717) is 12.8 Å². The van der Waals surface area contributed by atoms with Crippen molar-refractivity contribution in [1.82, 2.24) is 5.32 Å². The number of hydrogen-bond donors (Lipinski definition) is 1. The Labute approximate surface area is 162 Å². The molecule has 0 saturated carbocycles. The summed E-state index contributed by atoms with van der Waals surface area (Å²) in [5.41, 5.74) is 1.07. The van der Waals surface area contributed by atoms with E-state index in [1.165, 1.54) is 0 Å². The number of fused-ring (bicyclic) bond motifs is 1. The van der Waals surface area contributed by atoms with Crippen molar-refractivity contribution in [2.75, 3.05) is 0 Å². The summed E-state index contributed by atoms with van der Waals surface area (Å²) < 4.78 is 12.2. The topological polar surface area (TPSA) is 64.6 Å². The third kappa shape index (κ3) is 3.97. The molecule has 1 N–H and O–H groups in total. The molecule has 148 valence electrons. The number of carbonyl (C=O) groups excluding carboxylic acids is 2. The van der Waals surface area contributed by atoms with E-state index < -0.39 is 14.4 Å². The molecule has 5 nitrogen and oxygen atoms in total. The van der Waals surface area contributed by atoms with Crippen molar-refractivity contribution in [2.24, 2.45) is 5.92 Å². The van der Waals surface area contributed by atoms with Crippen LogP contribution in [0.25, 0.3) is 0 Å². The number of ketones is 1. The van der Waals surface area contributed by atoms with Crippen LogP contribution in [0.15, 0.2) is 24.3 Å². The lowest BCUT2D eigenvalue weighted by Crippen LogP contribution is -2.64. The number of carbonyl (C=O) groups is 2. The lowest BCUT2D eigenvalue weighted by molar-refractivity contribution is -0.142. The summed E-state index contributed by atoms with van der Waals surface area (Å²) in [6.45, 7) is 12.9. The smallest absolute Gasteiger partial charge is 0.228 e. The molecule has 6 heteroatoms. The first-order chi connectivity index (χ1) is 12.5. The molecule has 4 atom stereocenters. The van der Waals surface area contributed by atoms with Gasteiger partial charge in [0.2, 0.25) is 5.91 Å². The van der Waals surface area contributed by atoms with Crippen molar-refractivity contribution in [1.29, 1.82) is 0 Å². The minimum Gasteiger partial charge on any atom is -0.482 e. The molecule has 1 aromatic rings. The summed E-state index contributed by atoms with van der Waals surface area (Å²) >= 11 is 0. The van der Waals surface area contributed by atoms with Gasteiger partial charge in [0.05, 0.1) is 12.0 Å². The van der Waals surface area contributed by atoms with Gasteiger partial charge in [-0.15, -0.1) is 0 Å². The van der Waals surface area contributed by atoms with Crippen molar-refractivity contribution in [2.45, 2.75) is 76.9 Å². The van der Waals surface area contributed by atoms with E-state index in [0.717, 1.165) is 11.3 Å². The third-order valence-electron chi connectivity index (χ3n) is 6.28. The lowest BCUT2D eigenvalue weighted by Gasteiger charge is -2.45. The fourth-order valence-corrected chi connectivity index (χ4v) is 5.03. The number of benzene rings is 1. The van der Waals surface area contributed by atoms with Crippen LogP contribution in [0.4, 0.5) is 0 Å². The molecule has 2 heterocycles. The van der Waals surface area contributed by atoms with Crippen LogP contribution in [0.5, 0.6) is 5.75 Å². The van der Waals surface area contributed by atoms with Gasteiger partial charge >= 0.3 is 0 Å². The number of rotatable bonds is 6. The summed E-state index contributed by atoms with van der Waals surface area (Å²) in [5, 5.41) is 2.97. The first-order valence-corrected chi connectivity index (χ1v) is 12.7. The van der Waals surface area contributed by atoms with Crippen molar-refractivity contribution >= 4 is 20.0 Å². The van der Waals surface area contributed by atoms with Crippen molar-refractivity contribution in [3.05, 3.63) is 29.8 Å². The Balaban J connectivity index is 1.59. The van der Waals surface area contributed by atoms with Crippen LogP contribution in [0.1, 0.15) is 39.7 Å². The van der Waals surface area contributed by atoms with Crippen LogP contribution < -0.4 is 10.1 Å². The highest BCUT2D eigenvalue weighted by Crippen LogP contribution is 2.39. The second kappa shape index (κ2) is 7.06. The first-order valence-electron chi connectivity index (χ1n) is 9.75. The molecule has 1 fully saturated rings. The standard InChI is InChI=1S/C21H31NO4Si/c1-13(26-27(5,6)21(2,3)4)19-15(22-20(19)24)12-16(23)18-11-14-9-7-8-10-17(14)25-18/h7-10,13,15,18-19H,11-12H2,1-6H3,(H,22,24)/t13-,15-,18+,19-/m1/s1. The quantitative estimate of drug-likeness (QED) is 0.598. The van der Waals surface area contributed by atoms with E-state index in [-0.39, 0.29) is 34.8 Å². The predicted molar refractivity (Wildman–Crippen MR) is 107 cm³/mol. The number of nitrogens with one attached hydrogen (secondary N) is 1. The van der Waals surface area contributed by atoms with Crippen molar-refractivity contribution in [3.63, 3.8) is 0 Å². The minimum absolute atomic E-state index is 0.0189. The van der Waals surface area contributed by atoms with Gasteiger partial charge in [0.25, 0.3) is 0 Å². The van der Waals surface area contributed by atoms with E-state index in [1.807, 2.05) is 31.2 Å². The summed E-state index contributed by atoms with van der Waals surface area (Å²) in [6, 6.07) is 7.58. The number of hydrogen-bond acceptors (Lipinski definition) is 4. The van der Waals surface area contributed by atoms with Gasteiger partial charge in [0.1, 0.15) is 5.75 Å². The number of amides is 1. The number of β-lactam (4-membered cyclic amide) rings is 1. The number of para-hydroxylation sites is 1. The SMILES string of the molecule is C[C@@H](O[Si](C)(C)C(C)(C)C)[C@H]1C(=O)N[C@@H]1CC(=O)[C@@H]1Cc2ccccc2O1. The molecule has 2 aliphatic rings. The Hall–Kier alpha value is -1.66. The zero-order chi connectivity index (χ0) is 20.0. The Morgan fingerprint density at radius 1 is 1.33 bits per heavy atom.